The first kappa shape index (κ1) is 19.8. The minimum Gasteiger partial charge on any atom is -0.493 e. The molecular formula is C25H20N2O5. The van der Waals surface area contributed by atoms with Crippen LogP contribution in [0.1, 0.15) is 33.3 Å². The molecule has 3 heterocycles. The second kappa shape index (κ2) is 7.85. The molecule has 0 radical (unpaired) electrons. The number of carbonyl (C=O) groups is 1. The van der Waals surface area contributed by atoms with Crippen molar-refractivity contribution in [1.29, 1.82) is 0 Å². The maximum Gasteiger partial charge on any atom is 0.291 e. The van der Waals surface area contributed by atoms with Crippen molar-refractivity contribution in [1.82, 2.24) is 9.88 Å². The van der Waals surface area contributed by atoms with E-state index in [-0.39, 0.29) is 23.6 Å². The van der Waals surface area contributed by atoms with E-state index < -0.39 is 6.04 Å². The third kappa shape index (κ3) is 3.10. The fourth-order valence-electron chi connectivity index (χ4n) is 4.19. The Morgan fingerprint density at radius 2 is 1.81 bits per heavy atom. The molecular weight excluding hydrogens is 408 g/mol. The van der Waals surface area contributed by atoms with Crippen LogP contribution in [-0.4, -0.2) is 30.0 Å². The van der Waals surface area contributed by atoms with Gasteiger partial charge in [-0.15, -0.1) is 0 Å². The number of methoxy groups -OCH3 is 2. The maximum atomic E-state index is 13.5. The molecule has 0 fully saturated rings. The molecule has 7 nitrogen and oxygen atoms in total. The summed E-state index contributed by atoms with van der Waals surface area (Å²) in [6.45, 7) is 0.270. The van der Waals surface area contributed by atoms with Crippen LogP contribution in [0.15, 0.2) is 76.2 Å². The zero-order valence-electron chi connectivity index (χ0n) is 17.6. The van der Waals surface area contributed by atoms with E-state index in [4.69, 9.17) is 13.9 Å². The molecule has 7 heteroatoms. The topological polar surface area (TPSA) is 81.9 Å². The summed E-state index contributed by atoms with van der Waals surface area (Å²) in [4.78, 5) is 32.8. The zero-order valence-corrected chi connectivity index (χ0v) is 17.6. The van der Waals surface area contributed by atoms with E-state index >= 15 is 0 Å². The highest BCUT2D eigenvalue weighted by Gasteiger charge is 2.43. The molecule has 0 spiro atoms. The maximum absolute atomic E-state index is 13.5. The Morgan fingerprint density at radius 3 is 2.56 bits per heavy atom. The highest BCUT2D eigenvalue weighted by molar-refractivity contribution is 5.99. The summed E-state index contributed by atoms with van der Waals surface area (Å²) in [6, 6.07) is 15.4. The first-order chi connectivity index (χ1) is 15.6. The first-order valence-electron chi connectivity index (χ1n) is 10.1. The van der Waals surface area contributed by atoms with Crippen LogP contribution in [0.3, 0.4) is 0 Å². The molecule has 32 heavy (non-hydrogen) atoms. The Bertz CT molecular complexity index is 1380. The molecule has 2 aromatic carbocycles. The number of hydrogen-bond donors (Lipinski definition) is 0. The van der Waals surface area contributed by atoms with Crippen molar-refractivity contribution in [3.8, 4) is 11.5 Å². The third-order valence-electron chi connectivity index (χ3n) is 5.67. The monoisotopic (exact) mass is 428 g/mol. The second-order valence-corrected chi connectivity index (χ2v) is 7.48. The molecule has 0 aliphatic carbocycles. The lowest BCUT2D eigenvalue weighted by Gasteiger charge is -2.25. The van der Waals surface area contributed by atoms with Gasteiger partial charge < -0.3 is 18.8 Å². The quantitative estimate of drug-likeness (QED) is 0.479. The molecule has 160 valence electrons. The van der Waals surface area contributed by atoms with Crippen molar-refractivity contribution < 1.29 is 18.7 Å². The van der Waals surface area contributed by atoms with Crippen LogP contribution >= 0.6 is 0 Å². The van der Waals surface area contributed by atoms with Gasteiger partial charge in [-0.3, -0.25) is 14.6 Å². The van der Waals surface area contributed by atoms with Crippen molar-refractivity contribution in [2.75, 3.05) is 14.2 Å². The lowest BCUT2D eigenvalue weighted by molar-refractivity contribution is 0.0714. The highest BCUT2D eigenvalue weighted by atomic mass is 16.5. The lowest BCUT2D eigenvalue weighted by Crippen LogP contribution is -2.29. The third-order valence-corrected chi connectivity index (χ3v) is 5.67. The van der Waals surface area contributed by atoms with E-state index in [1.165, 1.54) is 0 Å². The van der Waals surface area contributed by atoms with Crippen LogP contribution in [0, 0.1) is 0 Å². The molecule has 0 bridgehead atoms. The van der Waals surface area contributed by atoms with E-state index in [9.17, 15) is 9.59 Å². The van der Waals surface area contributed by atoms with Gasteiger partial charge in [0.25, 0.3) is 5.91 Å². The van der Waals surface area contributed by atoms with Gasteiger partial charge >= 0.3 is 0 Å². The Balaban J connectivity index is 1.73. The molecule has 1 aliphatic heterocycles. The van der Waals surface area contributed by atoms with Crippen molar-refractivity contribution in [2.45, 2.75) is 12.6 Å². The fraction of sp³-hybridized carbons (Fsp3) is 0.160. The second-order valence-electron chi connectivity index (χ2n) is 7.48. The van der Waals surface area contributed by atoms with Gasteiger partial charge in [-0.05, 0) is 41.5 Å². The molecule has 1 atom stereocenters. The minimum absolute atomic E-state index is 0.0670. The molecule has 1 unspecified atom stereocenters. The van der Waals surface area contributed by atoms with E-state index in [1.807, 2.05) is 18.2 Å². The number of pyridine rings is 1. The molecule has 1 amide bonds. The summed E-state index contributed by atoms with van der Waals surface area (Å²) >= 11 is 0. The van der Waals surface area contributed by atoms with Gasteiger partial charge in [-0.2, -0.15) is 0 Å². The van der Waals surface area contributed by atoms with Gasteiger partial charge in [0.2, 0.25) is 5.76 Å². The average molecular weight is 428 g/mol. The molecule has 5 rings (SSSR count). The van der Waals surface area contributed by atoms with Crippen LogP contribution in [0.25, 0.3) is 11.0 Å². The van der Waals surface area contributed by atoms with E-state index in [2.05, 4.69) is 4.98 Å². The molecule has 0 saturated carbocycles. The molecule has 0 saturated heterocycles. The van der Waals surface area contributed by atoms with Crippen LogP contribution in [-0.2, 0) is 6.54 Å². The summed E-state index contributed by atoms with van der Waals surface area (Å²) in [5, 5.41) is 0.438. The molecule has 4 aromatic rings. The Kier molecular flexibility index (Phi) is 4.86. The number of rotatable bonds is 5. The SMILES string of the molecule is COc1ccc(C2c3c(oc4ccccc4c3=O)C(=O)N2Cc2cccnc2)cc1OC. The van der Waals surface area contributed by atoms with E-state index in [0.717, 1.165) is 11.1 Å². The van der Waals surface area contributed by atoms with E-state index in [0.29, 0.717) is 28.0 Å². The number of hydrogen-bond acceptors (Lipinski definition) is 6. The Hall–Kier alpha value is -4.13. The molecule has 1 aliphatic rings. The van der Waals surface area contributed by atoms with Gasteiger partial charge in [0.05, 0.1) is 31.2 Å². The van der Waals surface area contributed by atoms with Crippen molar-refractivity contribution >= 4 is 16.9 Å². The number of nitrogens with zero attached hydrogens (tertiary/aromatic N) is 2. The summed E-state index contributed by atoms with van der Waals surface area (Å²) < 4.78 is 16.8. The number of aromatic nitrogens is 1. The number of para-hydroxylation sites is 1. The summed E-state index contributed by atoms with van der Waals surface area (Å²) in [5.74, 6) is 0.798. The largest absolute Gasteiger partial charge is 0.493 e. The van der Waals surface area contributed by atoms with Crippen LogP contribution in [0.2, 0.25) is 0 Å². The number of carbonyl (C=O) groups excluding carboxylic acids is 1. The van der Waals surface area contributed by atoms with Gasteiger partial charge in [0.1, 0.15) is 5.58 Å². The Morgan fingerprint density at radius 1 is 1.00 bits per heavy atom. The van der Waals surface area contributed by atoms with Gasteiger partial charge in [-0.25, -0.2) is 0 Å². The van der Waals surface area contributed by atoms with Crippen LogP contribution < -0.4 is 14.9 Å². The number of fused-ring (bicyclic) bond motifs is 2. The smallest absolute Gasteiger partial charge is 0.291 e. The van der Waals surface area contributed by atoms with Gasteiger partial charge in [0.15, 0.2) is 16.9 Å². The van der Waals surface area contributed by atoms with Crippen LogP contribution in [0.5, 0.6) is 11.5 Å². The average Bonchev–Trinajstić information content (AvgIpc) is 3.11. The number of ether oxygens (including phenoxy) is 2. The number of amides is 1. The normalized spacial score (nSPS) is 15.1. The van der Waals surface area contributed by atoms with Crippen molar-refractivity contribution in [3.05, 3.63) is 99.7 Å². The first-order valence-corrected chi connectivity index (χ1v) is 10.1. The summed E-state index contributed by atoms with van der Waals surface area (Å²) in [5.41, 5.74) is 2.06. The van der Waals surface area contributed by atoms with E-state index in [1.54, 1.807) is 67.9 Å². The zero-order chi connectivity index (χ0) is 22.2. The van der Waals surface area contributed by atoms with Crippen LogP contribution in [0.4, 0.5) is 0 Å². The minimum atomic E-state index is -0.640. The van der Waals surface area contributed by atoms with Gasteiger partial charge in [-0.1, -0.05) is 24.3 Å². The van der Waals surface area contributed by atoms with Crippen molar-refractivity contribution in [3.63, 3.8) is 0 Å². The lowest BCUT2D eigenvalue weighted by atomic mass is 9.98. The van der Waals surface area contributed by atoms with Crippen molar-refractivity contribution in [2.24, 2.45) is 0 Å². The highest BCUT2D eigenvalue weighted by Crippen LogP contribution is 2.41. The Labute approximate surface area is 183 Å². The van der Waals surface area contributed by atoms with Gasteiger partial charge in [0, 0.05) is 18.9 Å². The molecule has 0 N–H and O–H groups in total. The fourth-order valence-corrected chi connectivity index (χ4v) is 4.19. The predicted octanol–water partition coefficient (Wildman–Crippen LogP) is 3.95. The predicted molar refractivity (Wildman–Crippen MR) is 118 cm³/mol. The summed E-state index contributed by atoms with van der Waals surface area (Å²) in [6.07, 6.45) is 3.38. The summed E-state index contributed by atoms with van der Waals surface area (Å²) in [7, 11) is 3.10. The standard InChI is InChI=1S/C25H20N2O5/c1-30-19-10-9-16(12-20(19)31-2)22-21-23(28)17-7-3-4-8-18(17)32-24(21)25(29)27(22)14-15-6-5-11-26-13-15/h3-13,22H,14H2,1-2H3. The number of benzene rings is 2. The molecule has 2 aromatic heterocycles.